The van der Waals surface area contributed by atoms with E-state index in [1.807, 2.05) is 54.6 Å². The molecule has 3 rings (SSSR count). The lowest BCUT2D eigenvalue weighted by molar-refractivity contribution is -0.121. The fourth-order valence-electron chi connectivity index (χ4n) is 3.49. The van der Waals surface area contributed by atoms with Crippen LogP contribution < -0.4 is 19.5 Å². The number of methoxy groups -OCH3 is 3. The summed E-state index contributed by atoms with van der Waals surface area (Å²) < 4.78 is 44.2. The molecule has 0 aromatic heterocycles. The lowest BCUT2D eigenvalue weighted by Crippen LogP contribution is -2.41. The Morgan fingerprint density at radius 2 is 1.49 bits per heavy atom. The van der Waals surface area contributed by atoms with Gasteiger partial charge in [0.05, 0.1) is 27.9 Å². The average Bonchev–Trinajstić information content (AvgIpc) is 2.88. The smallest absolute Gasteiger partial charge is 0.247 e. The van der Waals surface area contributed by atoms with Gasteiger partial charge in [0.2, 0.25) is 15.9 Å². The van der Waals surface area contributed by atoms with Crippen LogP contribution in [0.4, 0.5) is 0 Å². The third-order valence-corrected chi connectivity index (χ3v) is 7.22. The van der Waals surface area contributed by atoms with E-state index in [1.54, 1.807) is 13.2 Å². The molecule has 1 amide bonds. The molecule has 0 aliphatic rings. The number of benzene rings is 3. The highest BCUT2D eigenvalue weighted by atomic mass is 32.2. The zero-order valence-electron chi connectivity index (χ0n) is 20.1. The van der Waals surface area contributed by atoms with E-state index >= 15 is 0 Å². The maximum Gasteiger partial charge on any atom is 0.247 e. The summed E-state index contributed by atoms with van der Waals surface area (Å²) in [6.07, 6.45) is 0.602. The van der Waals surface area contributed by atoms with Gasteiger partial charge < -0.3 is 19.5 Å². The van der Waals surface area contributed by atoms with E-state index in [0.29, 0.717) is 18.7 Å². The monoisotopic (exact) mass is 498 g/mol. The van der Waals surface area contributed by atoms with Gasteiger partial charge in [-0.2, -0.15) is 4.31 Å². The summed E-state index contributed by atoms with van der Waals surface area (Å²) in [7, 11) is 0.353. The highest BCUT2D eigenvalue weighted by Gasteiger charge is 2.30. The average molecular weight is 499 g/mol. The molecule has 0 aliphatic carbocycles. The van der Waals surface area contributed by atoms with Gasteiger partial charge >= 0.3 is 0 Å². The second-order valence-corrected chi connectivity index (χ2v) is 9.63. The minimum absolute atomic E-state index is 0.0233. The fraction of sp³-hybridized carbons (Fsp3) is 0.269. The summed E-state index contributed by atoms with van der Waals surface area (Å²) in [4.78, 5) is 12.7. The number of ether oxygens (including phenoxy) is 3. The SMILES string of the molecule is COc1ccc(CCNC(=O)CN(Cc2ccccc2)S(=O)(=O)c2cc(OC)ccc2OC)cc1. The molecule has 0 heterocycles. The van der Waals surface area contributed by atoms with E-state index in [4.69, 9.17) is 14.2 Å². The van der Waals surface area contributed by atoms with Gasteiger partial charge in [0, 0.05) is 19.2 Å². The molecule has 3 aromatic rings. The third-order valence-electron chi connectivity index (χ3n) is 5.41. The second kappa shape index (κ2) is 12.2. The lowest BCUT2D eigenvalue weighted by Gasteiger charge is -2.23. The molecule has 186 valence electrons. The maximum absolute atomic E-state index is 13.7. The van der Waals surface area contributed by atoms with Gasteiger partial charge in [-0.15, -0.1) is 0 Å². The van der Waals surface area contributed by atoms with Crippen LogP contribution in [0.3, 0.4) is 0 Å². The molecule has 9 heteroatoms. The standard InChI is InChI=1S/C26H30N2O6S/c1-32-22-11-9-20(10-12-22)15-16-27-26(29)19-28(18-21-7-5-4-6-8-21)35(30,31)25-17-23(33-2)13-14-24(25)34-3/h4-14,17H,15-16,18-19H2,1-3H3,(H,27,29). The van der Waals surface area contributed by atoms with Gasteiger partial charge in [-0.05, 0) is 41.8 Å². The summed E-state index contributed by atoms with van der Waals surface area (Å²) in [6, 6.07) is 21.2. The molecular formula is C26H30N2O6S. The molecule has 0 spiro atoms. The van der Waals surface area contributed by atoms with Crippen molar-refractivity contribution in [3.05, 3.63) is 83.9 Å². The number of nitrogens with zero attached hydrogens (tertiary/aromatic N) is 1. The van der Waals surface area contributed by atoms with Crippen LogP contribution >= 0.6 is 0 Å². The van der Waals surface area contributed by atoms with Crippen LogP contribution in [0.15, 0.2) is 77.7 Å². The van der Waals surface area contributed by atoms with Crippen molar-refractivity contribution in [3.8, 4) is 17.2 Å². The van der Waals surface area contributed by atoms with E-state index in [-0.39, 0.29) is 23.7 Å². The van der Waals surface area contributed by atoms with Crippen LogP contribution in [-0.2, 0) is 27.8 Å². The normalized spacial score (nSPS) is 11.2. The molecule has 0 saturated carbocycles. The maximum atomic E-state index is 13.7. The van der Waals surface area contributed by atoms with Gasteiger partial charge in [0.1, 0.15) is 22.1 Å². The zero-order valence-corrected chi connectivity index (χ0v) is 20.9. The number of carbonyl (C=O) groups is 1. The summed E-state index contributed by atoms with van der Waals surface area (Å²) >= 11 is 0. The van der Waals surface area contributed by atoms with Crippen LogP contribution in [0.5, 0.6) is 17.2 Å². The van der Waals surface area contributed by atoms with Gasteiger partial charge in [0.25, 0.3) is 0 Å². The second-order valence-electron chi connectivity index (χ2n) is 7.72. The van der Waals surface area contributed by atoms with E-state index in [1.165, 1.54) is 26.4 Å². The quantitative estimate of drug-likeness (QED) is 0.412. The fourth-order valence-corrected chi connectivity index (χ4v) is 5.05. The molecule has 3 aromatic carbocycles. The zero-order chi connectivity index (χ0) is 25.3. The molecule has 0 radical (unpaired) electrons. The predicted octanol–water partition coefficient (Wildman–Crippen LogP) is 3.26. The molecule has 8 nitrogen and oxygen atoms in total. The molecule has 0 saturated heterocycles. The highest BCUT2D eigenvalue weighted by Crippen LogP contribution is 2.31. The van der Waals surface area contributed by atoms with Gasteiger partial charge in [-0.25, -0.2) is 8.42 Å². The number of carbonyl (C=O) groups excluding carboxylic acids is 1. The number of rotatable bonds is 12. The van der Waals surface area contributed by atoms with E-state index in [2.05, 4.69) is 5.32 Å². The Morgan fingerprint density at radius 3 is 2.11 bits per heavy atom. The van der Waals surface area contributed by atoms with Crippen LogP contribution in [0.2, 0.25) is 0 Å². The molecule has 1 N–H and O–H groups in total. The van der Waals surface area contributed by atoms with Crippen molar-refractivity contribution in [1.29, 1.82) is 0 Å². The van der Waals surface area contributed by atoms with E-state index in [9.17, 15) is 13.2 Å². The Bertz CT molecular complexity index is 1210. The molecule has 0 fully saturated rings. The van der Waals surface area contributed by atoms with Crippen molar-refractivity contribution < 1.29 is 27.4 Å². The Kier molecular flexibility index (Phi) is 9.11. The van der Waals surface area contributed by atoms with Crippen LogP contribution in [-0.4, -0.2) is 53.0 Å². The Balaban J connectivity index is 1.78. The van der Waals surface area contributed by atoms with Gasteiger partial charge in [0.15, 0.2) is 0 Å². The van der Waals surface area contributed by atoms with Crippen molar-refractivity contribution >= 4 is 15.9 Å². The number of amides is 1. The minimum atomic E-state index is -4.10. The first-order chi connectivity index (χ1) is 16.9. The van der Waals surface area contributed by atoms with Crippen LogP contribution in [0.25, 0.3) is 0 Å². The Hall–Kier alpha value is -3.56. The summed E-state index contributed by atoms with van der Waals surface area (Å²) in [5.74, 6) is 0.893. The third kappa shape index (κ3) is 6.97. The summed E-state index contributed by atoms with van der Waals surface area (Å²) in [6.45, 7) is 0.0442. The molecular weight excluding hydrogens is 468 g/mol. The number of sulfonamides is 1. The van der Waals surface area contributed by atoms with Crippen molar-refractivity contribution in [2.24, 2.45) is 0 Å². The van der Waals surface area contributed by atoms with Crippen LogP contribution in [0.1, 0.15) is 11.1 Å². The summed E-state index contributed by atoms with van der Waals surface area (Å²) in [5, 5.41) is 2.82. The van der Waals surface area contributed by atoms with Crippen molar-refractivity contribution in [3.63, 3.8) is 0 Å². The lowest BCUT2D eigenvalue weighted by atomic mass is 10.1. The van der Waals surface area contributed by atoms with E-state index in [0.717, 1.165) is 21.2 Å². The number of hydrogen-bond acceptors (Lipinski definition) is 6. The van der Waals surface area contributed by atoms with Crippen molar-refractivity contribution in [1.82, 2.24) is 9.62 Å². The Labute approximate surface area is 206 Å². The first kappa shape index (κ1) is 26.1. The first-order valence-electron chi connectivity index (χ1n) is 11.0. The van der Waals surface area contributed by atoms with Crippen LogP contribution in [0, 0.1) is 0 Å². The molecule has 0 atom stereocenters. The Morgan fingerprint density at radius 1 is 0.829 bits per heavy atom. The first-order valence-corrected chi connectivity index (χ1v) is 12.5. The number of hydrogen-bond donors (Lipinski definition) is 1. The minimum Gasteiger partial charge on any atom is -0.497 e. The molecule has 0 unspecified atom stereocenters. The highest BCUT2D eigenvalue weighted by molar-refractivity contribution is 7.89. The molecule has 0 aliphatic heterocycles. The van der Waals surface area contributed by atoms with Gasteiger partial charge in [-0.3, -0.25) is 4.79 Å². The van der Waals surface area contributed by atoms with Crippen molar-refractivity contribution in [2.75, 3.05) is 34.4 Å². The summed E-state index contributed by atoms with van der Waals surface area (Å²) in [5.41, 5.74) is 1.78. The van der Waals surface area contributed by atoms with Crippen molar-refractivity contribution in [2.45, 2.75) is 17.9 Å². The largest absolute Gasteiger partial charge is 0.497 e. The molecule has 0 bridgehead atoms. The number of nitrogens with one attached hydrogen (secondary N) is 1. The van der Waals surface area contributed by atoms with Gasteiger partial charge in [-0.1, -0.05) is 42.5 Å². The molecule has 35 heavy (non-hydrogen) atoms. The predicted molar refractivity (Wildman–Crippen MR) is 133 cm³/mol. The van der Waals surface area contributed by atoms with E-state index < -0.39 is 15.9 Å². The topological polar surface area (TPSA) is 94.2 Å².